The summed E-state index contributed by atoms with van der Waals surface area (Å²) < 4.78 is 10.3. The van der Waals surface area contributed by atoms with Gasteiger partial charge in [-0.3, -0.25) is 9.88 Å². The quantitative estimate of drug-likeness (QED) is 0.668. The third-order valence-corrected chi connectivity index (χ3v) is 3.64. The predicted molar refractivity (Wildman–Crippen MR) is 86.5 cm³/mol. The molecule has 0 saturated carbocycles. The van der Waals surface area contributed by atoms with Gasteiger partial charge in [-0.1, -0.05) is 30.3 Å². The molecule has 0 aliphatic heterocycles. The number of rotatable bonds is 7. The van der Waals surface area contributed by atoms with E-state index in [0.717, 1.165) is 24.0 Å². The van der Waals surface area contributed by atoms with E-state index in [1.54, 1.807) is 7.11 Å². The van der Waals surface area contributed by atoms with E-state index in [2.05, 4.69) is 39.1 Å². The topological polar surface area (TPSA) is 64.3 Å². The first-order chi connectivity index (χ1) is 11.3. The third-order valence-electron chi connectivity index (χ3n) is 3.64. The number of nitrogens with zero attached hydrogens (tertiary/aromatic N) is 4. The van der Waals surface area contributed by atoms with E-state index in [1.165, 1.54) is 5.56 Å². The Kier molecular flexibility index (Phi) is 4.95. The van der Waals surface area contributed by atoms with Crippen LogP contribution in [0.4, 0.5) is 0 Å². The predicted octanol–water partition coefficient (Wildman–Crippen LogP) is 2.79. The van der Waals surface area contributed by atoms with Crippen molar-refractivity contribution in [3.05, 3.63) is 53.8 Å². The Bertz CT molecular complexity index is 772. The van der Waals surface area contributed by atoms with Crippen LogP contribution in [-0.4, -0.2) is 33.7 Å². The van der Waals surface area contributed by atoms with Crippen LogP contribution < -0.4 is 0 Å². The first-order valence-corrected chi connectivity index (χ1v) is 7.65. The Balaban J connectivity index is 1.69. The van der Waals surface area contributed by atoms with Crippen LogP contribution in [0, 0.1) is 0 Å². The molecule has 0 unspecified atom stereocenters. The van der Waals surface area contributed by atoms with Crippen LogP contribution in [0.1, 0.15) is 24.2 Å². The maximum Gasteiger partial charge on any atom is 0.240 e. The molecule has 6 nitrogen and oxygen atoms in total. The van der Waals surface area contributed by atoms with Crippen LogP contribution in [-0.2, 0) is 24.4 Å². The summed E-state index contributed by atoms with van der Waals surface area (Å²) in [6.45, 7) is 4.76. The average Bonchev–Trinajstić information content (AvgIpc) is 3.01. The molecule has 0 amide bonds. The second-order valence-electron chi connectivity index (χ2n) is 5.38. The number of benzene rings is 1. The molecule has 2 heterocycles. The summed E-state index contributed by atoms with van der Waals surface area (Å²) in [6, 6.07) is 10.3. The van der Waals surface area contributed by atoms with E-state index in [-0.39, 0.29) is 0 Å². The Morgan fingerprint density at radius 2 is 2.09 bits per heavy atom. The summed E-state index contributed by atoms with van der Waals surface area (Å²) in [5.74, 6) is 1.18. The molecule has 120 valence electrons. The number of hydrogen-bond acceptors (Lipinski definition) is 6. The fourth-order valence-electron chi connectivity index (χ4n) is 2.47. The van der Waals surface area contributed by atoms with Gasteiger partial charge in [0.25, 0.3) is 0 Å². The Morgan fingerprint density at radius 3 is 2.91 bits per heavy atom. The number of pyridine rings is 1. The number of hydrogen-bond donors (Lipinski definition) is 0. The zero-order valence-corrected chi connectivity index (χ0v) is 13.4. The van der Waals surface area contributed by atoms with Gasteiger partial charge in [0.05, 0.1) is 12.1 Å². The molecule has 1 aromatic carbocycles. The Morgan fingerprint density at radius 1 is 1.22 bits per heavy atom. The standard InChI is InChI=1S/C17H20N4O2/c1-3-21(11-17-19-16(12-22-2)20-23-17)10-13-8-14-6-4-5-7-15(14)18-9-13/h4-9H,3,10-12H2,1-2H3. The van der Waals surface area contributed by atoms with Gasteiger partial charge in [-0.05, 0) is 24.2 Å². The summed E-state index contributed by atoms with van der Waals surface area (Å²) in [6.07, 6.45) is 1.93. The smallest absolute Gasteiger partial charge is 0.240 e. The normalized spacial score (nSPS) is 11.4. The second-order valence-corrected chi connectivity index (χ2v) is 5.38. The molecular formula is C17H20N4O2. The molecular weight excluding hydrogens is 292 g/mol. The fourth-order valence-corrected chi connectivity index (χ4v) is 2.47. The van der Waals surface area contributed by atoms with Crippen molar-refractivity contribution in [2.45, 2.75) is 26.6 Å². The van der Waals surface area contributed by atoms with Crippen molar-refractivity contribution in [3.63, 3.8) is 0 Å². The van der Waals surface area contributed by atoms with E-state index in [4.69, 9.17) is 9.26 Å². The number of fused-ring (bicyclic) bond motifs is 1. The lowest BCUT2D eigenvalue weighted by Gasteiger charge is -2.18. The summed E-state index contributed by atoms with van der Waals surface area (Å²) >= 11 is 0. The van der Waals surface area contributed by atoms with Gasteiger partial charge in [0.2, 0.25) is 5.89 Å². The Hall–Kier alpha value is -2.31. The molecule has 0 aliphatic carbocycles. The van der Waals surface area contributed by atoms with Gasteiger partial charge < -0.3 is 9.26 Å². The number of methoxy groups -OCH3 is 1. The van der Waals surface area contributed by atoms with E-state index in [0.29, 0.717) is 24.9 Å². The zero-order chi connectivity index (χ0) is 16.1. The van der Waals surface area contributed by atoms with Crippen molar-refractivity contribution < 1.29 is 9.26 Å². The number of para-hydroxylation sites is 1. The van der Waals surface area contributed by atoms with Gasteiger partial charge in [-0.15, -0.1) is 0 Å². The second kappa shape index (κ2) is 7.30. The summed E-state index contributed by atoms with van der Waals surface area (Å²) in [4.78, 5) is 11.1. The van der Waals surface area contributed by atoms with Crippen LogP contribution >= 0.6 is 0 Å². The minimum atomic E-state index is 0.365. The highest BCUT2D eigenvalue weighted by atomic mass is 16.5. The van der Waals surface area contributed by atoms with E-state index >= 15 is 0 Å². The largest absolute Gasteiger partial charge is 0.377 e. The molecule has 0 N–H and O–H groups in total. The van der Waals surface area contributed by atoms with Crippen LogP contribution in [0.3, 0.4) is 0 Å². The average molecular weight is 312 g/mol. The highest BCUT2D eigenvalue weighted by Gasteiger charge is 2.12. The molecule has 6 heteroatoms. The lowest BCUT2D eigenvalue weighted by atomic mass is 10.1. The SMILES string of the molecule is CCN(Cc1cnc2ccccc2c1)Cc1nc(COC)no1. The van der Waals surface area contributed by atoms with Crippen LogP contribution in [0.25, 0.3) is 10.9 Å². The van der Waals surface area contributed by atoms with Gasteiger partial charge in [0, 0.05) is 25.2 Å². The maximum absolute atomic E-state index is 5.26. The molecule has 3 aromatic rings. The van der Waals surface area contributed by atoms with Gasteiger partial charge >= 0.3 is 0 Å². The van der Waals surface area contributed by atoms with E-state index in [9.17, 15) is 0 Å². The van der Waals surface area contributed by atoms with Gasteiger partial charge in [-0.2, -0.15) is 4.98 Å². The highest BCUT2D eigenvalue weighted by molar-refractivity contribution is 5.78. The van der Waals surface area contributed by atoms with Crippen molar-refractivity contribution in [1.82, 2.24) is 20.0 Å². The molecule has 0 fully saturated rings. The van der Waals surface area contributed by atoms with Crippen LogP contribution in [0.2, 0.25) is 0 Å². The molecule has 3 rings (SSSR count). The zero-order valence-electron chi connectivity index (χ0n) is 13.4. The molecule has 0 radical (unpaired) electrons. The molecule has 0 saturated heterocycles. The molecule has 2 aromatic heterocycles. The van der Waals surface area contributed by atoms with Crippen molar-refractivity contribution in [3.8, 4) is 0 Å². The minimum Gasteiger partial charge on any atom is -0.377 e. The Labute approximate surface area is 135 Å². The van der Waals surface area contributed by atoms with Gasteiger partial charge in [0.1, 0.15) is 6.61 Å². The van der Waals surface area contributed by atoms with Crippen LogP contribution in [0.15, 0.2) is 41.1 Å². The first kappa shape index (κ1) is 15.6. The highest BCUT2D eigenvalue weighted by Crippen LogP contribution is 2.15. The van der Waals surface area contributed by atoms with Crippen molar-refractivity contribution in [1.29, 1.82) is 0 Å². The first-order valence-electron chi connectivity index (χ1n) is 7.65. The summed E-state index contributed by atoms with van der Waals surface area (Å²) in [5.41, 5.74) is 2.18. The summed E-state index contributed by atoms with van der Waals surface area (Å²) in [7, 11) is 1.61. The van der Waals surface area contributed by atoms with Crippen molar-refractivity contribution >= 4 is 10.9 Å². The minimum absolute atomic E-state index is 0.365. The third kappa shape index (κ3) is 3.91. The lowest BCUT2D eigenvalue weighted by Crippen LogP contribution is -2.22. The van der Waals surface area contributed by atoms with Gasteiger partial charge in [-0.25, -0.2) is 0 Å². The maximum atomic E-state index is 5.26. The molecule has 0 spiro atoms. The lowest BCUT2D eigenvalue weighted by molar-refractivity contribution is 0.174. The van der Waals surface area contributed by atoms with E-state index in [1.807, 2.05) is 24.4 Å². The van der Waals surface area contributed by atoms with E-state index < -0.39 is 0 Å². The molecule has 0 aliphatic rings. The molecule has 0 bridgehead atoms. The molecule has 0 atom stereocenters. The van der Waals surface area contributed by atoms with Crippen molar-refractivity contribution in [2.75, 3.05) is 13.7 Å². The summed E-state index contributed by atoms with van der Waals surface area (Å²) in [5, 5.41) is 5.05. The number of ether oxygens (including phenoxy) is 1. The fraction of sp³-hybridized carbons (Fsp3) is 0.353. The number of aromatic nitrogens is 3. The van der Waals surface area contributed by atoms with Gasteiger partial charge in [0.15, 0.2) is 5.82 Å². The van der Waals surface area contributed by atoms with Crippen molar-refractivity contribution in [2.24, 2.45) is 0 Å². The molecule has 23 heavy (non-hydrogen) atoms. The monoisotopic (exact) mass is 312 g/mol. The van der Waals surface area contributed by atoms with Crippen LogP contribution in [0.5, 0.6) is 0 Å².